The van der Waals surface area contributed by atoms with Crippen LogP contribution in [0.5, 0.6) is 0 Å². The van der Waals surface area contributed by atoms with Crippen LogP contribution in [0, 0.1) is 0 Å². The number of aliphatic hydroxyl groups excluding tert-OH is 1. The summed E-state index contributed by atoms with van der Waals surface area (Å²) in [7, 11) is 1.73. The Hall–Kier alpha value is -0.940. The predicted octanol–water partition coefficient (Wildman–Crippen LogP) is 1.77. The number of piperidine rings is 1. The Labute approximate surface area is 128 Å². The molecule has 118 valence electrons. The molecule has 2 rings (SSSR count). The molecule has 4 nitrogen and oxygen atoms in total. The lowest BCUT2D eigenvalue weighted by Crippen LogP contribution is -2.36. The molecule has 1 fully saturated rings. The Bertz CT molecular complexity index is 417. The van der Waals surface area contributed by atoms with E-state index < -0.39 is 0 Å². The molecule has 1 aliphatic heterocycles. The number of benzene rings is 1. The number of nitrogens with one attached hydrogen (secondary N) is 1. The predicted molar refractivity (Wildman–Crippen MR) is 85.1 cm³/mol. The molecule has 2 N–H and O–H groups in total. The highest BCUT2D eigenvalue weighted by atomic mass is 16.5. The van der Waals surface area contributed by atoms with Crippen molar-refractivity contribution in [1.29, 1.82) is 0 Å². The monoisotopic (exact) mass is 292 g/mol. The van der Waals surface area contributed by atoms with E-state index in [0.717, 1.165) is 45.6 Å². The van der Waals surface area contributed by atoms with Crippen LogP contribution in [0.4, 0.5) is 0 Å². The van der Waals surface area contributed by atoms with E-state index in [4.69, 9.17) is 4.74 Å². The number of methoxy groups -OCH3 is 1. The van der Waals surface area contributed by atoms with Crippen molar-refractivity contribution in [2.24, 2.45) is 0 Å². The topological polar surface area (TPSA) is 44.7 Å². The van der Waals surface area contributed by atoms with Crippen LogP contribution in [0.3, 0.4) is 0 Å². The largest absolute Gasteiger partial charge is 0.393 e. The summed E-state index contributed by atoms with van der Waals surface area (Å²) in [5, 5.41) is 13.1. The second-order valence-corrected chi connectivity index (χ2v) is 6.01. The fourth-order valence-electron chi connectivity index (χ4n) is 2.80. The van der Waals surface area contributed by atoms with Crippen molar-refractivity contribution in [2.45, 2.75) is 45.0 Å². The molecule has 1 unspecified atom stereocenters. The standard InChI is InChI=1S/C17H28N2O2/c1-14(13-21-2)18-11-15-5-3-4-6-16(15)12-19-9-7-17(20)8-10-19/h3-6,14,17-18,20H,7-13H2,1-2H3. The van der Waals surface area contributed by atoms with Gasteiger partial charge in [0.1, 0.15) is 0 Å². The lowest BCUT2D eigenvalue weighted by molar-refractivity contribution is 0.0791. The zero-order valence-electron chi connectivity index (χ0n) is 13.2. The molecule has 1 aromatic rings. The summed E-state index contributed by atoms with van der Waals surface area (Å²) in [6, 6.07) is 8.97. The number of hydrogen-bond acceptors (Lipinski definition) is 4. The van der Waals surface area contributed by atoms with Crippen LogP contribution in [0.2, 0.25) is 0 Å². The summed E-state index contributed by atoms with van der Waals surface area (Å²) >= 11 is 0. The Morgan fingerprint density at radius 1 is 1.29 bits per heavy atom. The quantitative estimate of drug-likeness (QED) is 0.804. The van der Waals surface area contributed by atoms with Crippen molar-refractivity contribution >= 4 is 0 Å². The van der Waals surface area contributed by atoms with Gasteiger partial charge in [-0.15, -0.1) is 0 Å². The lowest BCUT2D eigenvalue weighted by Gasteiger charge is -2.30. The van der Waals surface area contributed by atoms with Gasteiger partial charge in [0.15, 0.2) is 0 Å². The van der Waals surface area contributed by atoms with Crippen molar-refractivity contribution in [3.63, 3.8) is 0 Å². The number of ether oxygens (including phenoxy) is 1. The number of nitrogens with zero attached hydrogens (tertiary/aromatic N) is 1. The molecule has 1 saturated heterocycles. The first-order valence-electron chi connectivity index (χ1n) is 7.88. The van der Waals surface area contributed by atoms with E-state index >= 15 is 0 Å². The third-order valence-corrected chi connectivity index (χ3v) is 4.13. The molecular weight excluding hydrogens is 264 g/mol. The Morgan fingerprint density at radius 2 is 1.95 bits per heavy atom. The van der Waals surface area contributed by atoms with Gasteiger partial charge in [0.25, 0.3) is 0 Å². The first-order valence-corrected chi connectivity index (χ1v) is 7.88. The molecule has 21 heavy (non-hydrogen) atoms. The number of hydrogen-bond donors (Lipinski definition) is 2. The smallest absolute Gasteiger partial charge is 0.0613 e. The van der Waals surface area contributed by atoms with Crippen LogP contribution in [-0.2, 0) is 17.8 Å². The number of aliphatic hydroxyl groups is 1. The molecular formula is C17H28N2O2. The van der Waals surface area contributed by atoms with Gasteiger partial charge in [0.05, 0.1) is 12.7 Å². The lowest BCUT2D eigenvalue weighted by atomic mass is 10.0. The number of rotatable bonds is 7. The van der Waals surface area contributed by atoms with Crippen LogP contribution in [0.25, 0.3) is 0 Å². The third-order valence-electron chi connectivity index (χ3n) is 4.13. The van der Waals surface area contributed by atoms with Crippen LogP contribution in [0.1, 0.15) is 30.9 Å². The van der Waals surface area contributed by atoms with Gasteiger partial charge < -0.3 is 15.2 Å². The van der Waals surface area contributed by atoms with Gasteiger partial charge in [0.2, 0.25) is 0 Å². The van der Waals surface area contributed by atoms with E-state index in [1.54, 1.807) is 7.11 Å². The van der Waals surface area contributed by atoms with Gasteiger partial charge in [-0.05, 0) is 30.9 Å². The molecule has 1 atom stereocenters. The van der Waals surface area contributed by atoms with E-state index in [1.165, 1.54) is 11.1 Å². The van der Waals surface area contributed by atoms with Gasteiger partial charge in [-0.1, -0.05) is 24.3 Å². The zero-order valence-corrected chi connectivity index (χ0v) is 13.2. The Balaban J connectivity index is 1.90. The molecule has 0 bridgehead atoms. The van der Waals surface area contributed by atoms with Crippen molar-refractivity contribution in [1.82, 2.24) is 10.2 Å². The van der Waals surface area contributed by atoms with Gasteiger partial charge in [-0.2, -0.15) is 0 Å². The van der Waals surface area contributed by atoms with E-state index in [-0.39, 0.29) is 6.10 Å². The van der Waals surface area contributed by atoms with Gasteiger partial charge in [-0.25, -0.2) is 0 Å². The normalized spacial score (nSPS) is 18.8. The van der Waals surface area contributed by atoms with E-state index in [2.05, 4.69) is 41.4 Å². The molecule has 0 spiro atoms. The fourth-order valence-corrected chi connectivity index (χ4v) is 2.80. The molecule has 4 heteroatoms. The Morgan fingerprint density at radius 3 is 2.62 bits per heavy atom. The maximum absolute atomic E-state index is 9.59. The first kappa shape index (κ1) is 16.4. The molecule has 0 aromatic heterocycles. The SMILES string of the molecule is COCC(C)NCc1ccccc1CN1CCC(O)CC1. The fraction of sp³-hybridized carbons (Fsp3) is 0.647. The van der Waals surface area contributed by atoms with E-state index in [9.17, 15) is 5.11 Å². The maximum Gasteiger partial charge on any atom is 0.0613 e. The van der Waals surface area contributed by atoms with Crippen molar-refractivity contribution < 1.29 is 9.84 Å². The molecule has 0 amide bonds. The number of likely N-dealkylation sites (tertiary alicyclic amines) is 1. The van der Waals surface area contributed by atoms with Gasteiger partial charge >= 0.3 is 0 Å². The minimum Gasteiger partial charge on any atom is -0.393 e. The average molecular weight is 292 g/mol. The van der Waals surface area contributed by atoms with E-state index in [1.807, 2.05) is 0 Å². The summed E-state index contributed by atoms with van der Waals surface area (Å²) in [4.78, 5) is 2.43. The maximum atomic E-state index is 9.59. The van der Waals surface area contributed by atoms with Crippen molar-refractivity contribution in [2.75, 3.05) is 26.8 Å². The van der Waals surface area contributed by atoms with E-state index in [0.29, 0.717) is 6.04 Å². The Kier molecular flexibility index (Phi) is 6.64. The van der Waals surface area contributed by atoms with Crippen LogP contribution in [-0.4, -0.2) is 49.0 Å². The highest BCUT2D eigenvalue weighted by Gasteiger charge is 2.17. The summed E-state index contributed by atoms with van der Waals surface area (Å²) in [6.07, 6.45) is 1.68. The van der Waals surface area contributed by atoms with Crippen LogP contribution >= 0.6 is 0 Å². The highest BCUT2D eigenvalue weighted by molar-refractivity contribution is 5.27. The van der Waals surface area contributed by atoms with Gasteiger partial charge in [-0.3, -0.25) is 4.90 Å². The highest BCUT2D eigenvalue weighted by Crippen LogP contribution is 2.16. The molecule has 1 aliphatic rings. The van der Waals surface area contributed by atoms with Gasteiger partial charge in [0, 0.05) is 39.3 Å². The molecule has 1 aromatic carbocycles. The third kappa shape index (κ3) is 5.40. The summed E-state index contributed by atoms with van der Waals surface area (Å²) in [6.45, 7) is 6.69. The molecule has 0 saturated carbocycles. The summed E-state index contributed by atoms with van der Waals surface area (Å²) in [5.74, 6) is 0. The van der Waals surface area contributed by atoms with Crippen LogP contribution < -0.4 is 5.32 Å². The zero-order chi connectivity index (χ0) is 15.1. The summed E-state index contributed by atoms with van der Waals surface area (Å²) < 4.78 is 5.16. The van der Waals surface area contributed by atoms with Crippen molar-refractivity contribution in [3.05, 3.63) is 35.4 Å². The minimum atomic E-state index is -0.104. The second kappa shape index (κ2) is 8.49. The van der Waals surface area contributed by atoms with Crippen molar-refractivity contribution in [3.8, 4) is 0 Å². The van der Waals surface area contributed by atoms with Crippen LogP contribution in [0.15, 0.2) is 24.3 Å². The first-order chi connectivity index (χ1) is 10.2. The molecule has 1 heterocycles. The molecule has 0 radical (unpaired) electrons. The second-order valence-electron chi connectivity index (χ2n) is 6.01. The summed E-state index contributed by atoms with van der Waals surface area (Å²) in [5.41, 5.74) is 2.73. The average Bonchev–Trinajstić information content (AvgIpc) is 2.49. The molecule has 0 aliphatic carbocycles. The minimum absolute atomic E-state index is 0.104.